The number of thioether (sulfide) groups is 1. The van der Waals surface area contributed by atoms with Crippen molar-refractivity contribution >= 4 is 29.3 Å². The number of ether oxygens (including phenoxy) is 2. The molecule has 0 saturated carbocycles. The van der Waals surface area contributed by atoms with Gasteiger partial charge in [-0.2, -0.15) is 4.98 Å². The number of carbonyl (C=O) groups is 1. The fourth-order valence-electron chi connectivity index (χ4n) is 1.75. The number of esters is 1. The van der Waals surface area contributed by atoms with Crippen LogP contribution in [0.1, 0.15) is 6.92 Å². The zero-order valence-corrected chi connectivity index (χ0v) is 14.2. The van der Waals surface area contributed by atoms with Crippen LogP contribution < -0.4 is 4.74 Å². The summed E-state index contributed by atoms with van der Waals surface area (Å²) in [5.74, 6) is -0.861. The van der Waals surface area contributed by atoms with Gasteiger partial charge in [0.15, 0.2) is 11.3 Å². The first kappa shape index (κ1) is 17.5. The second-order valence-corrected chi connectivity index (χ2v) is 5.67. The van der Waals surface area contributed by atoms with E-state index in [2.05, 4.69) is 14.7 Å². The summed E-state index contributed by atoms with van der Waals surface area (Å²) in [4.78, 5) is 19.9. The van der Waals surface area contributed by atoms with Gasteiger partial charge in [0.1, 0.15) is 5.82 Å². The number of nitrogens with zero attached hydrogens (tertiary/aromatic N) is 2. The van der Waals surface area contributed by atoms with Crippen LogP contribution in [0.25, 0.3) is 11.3 Å². The van der Waals surface area contributed by atoms with E-state index in [0.717, 1.165) is 0 Å². The Labute approximate surface area is 142 Å². The van der Waals surface area contributed by atoms with Gasteiger partial charge in [-0.15, -0.1) is 0 Å². The van der Waals surface area contributed by atoms with E-state index in [1.807, 2.05) is 0 Å². The Balaban J connectivity index is 2.38. The van der Waals surface area contributed by atoms with E-state index in [0.29, 0.717) is 16.4 Å². The molecular weight excluding hydrogens is 343 g/mol. The molecule has 0 amide bonds. The van der Waals surface area contributed by atoms with Crippen molar-refractivity contribution in [3.05, 3.63) is 35.1 Å². The Kier molecular flexibility index (Phi) is 5.79. The number of methoxy groups -OCH3 is 1. The number of benzene rings is 1. The standard InChI is InChI=1S/C15H14ClFN2O3S/c1-8(14(20)21-2)22-13-7-12(18-15(19-13)23-3)9-4-5-10(16)11(17)6-9/h4-8H,1-3H3. The van der Waals surface area contributed by atoms with Crippen molar-refractivity contribution in [1.29, 1.82) is 0 Å². The summed E-state index contributed by atoms with van der Waals surface area (Å²) in [7, 11) is 1.28. The maximum absolute atomic E-state index is 13.6. The van der Waals surface area contributed by atoms with Crippen LogP contribution in [0, 0.1) is 5.82 Å². The van der Waals surface area contributed by atoms with Crippen molar-refractivity contribution in [2.45, 2.75) is 18.2 Å². The third-order valence-electron chi connectivity index (χ3n) is 2.91. The highest BCUT2D eigenvalue weighted by molar-refractivity contribution is 7.98. The Morgan fingerprint density at radius 2 is 2.09 bits per heavy atom. The molecule has 5 nitrogen and oxygen atoms in total. The summed E-state index contributed by atoms with van der Waals surface area (Å²) in [5, 5.41) is 0.466. The normalized spacial score (nSPS) is 11.9. The lowest BCUT2D eigenvalue weighted by atomic mass is 10.1. The van der Waals surface area contributed by atoms with Gasteiger partial charge >= 0.3 is 5.97 Å². The Morgan fingerprint density at radius 3 is 2.70 bits per heavy atom. The first-order valence-electron chi connectivity index (χ1n) is 6.57. The lowest BCUT2D eigenvalue weighted by molar-refractivity contribution is -0.148. The van der Waals surface area contributed by atoms with Gasteiger partial charge < -0.3 is 9.47 Å². The minimum atomic E-state index is -0.820. The molecule has 0 N–H and O–H groups in total. The van der Waals surface area contributed by atoms with Crippen LogP contribution in [0.3, 0.4) is 0 Å². The molecule has 0 aliphatic heterocycles. The van der Waals surface area contributed by atoms with Crippen molar-refractivity contribution in [3.8, 4) is 17.1 Å². The predicted octanol–water partition coefficient (Wildman–Crippen LogP) is 3.60. The van der Waals surface area contributed by atoms with Crippen molar-refractivity contribution < 1.29 is 18.7 Å². The topological polar surface area (TPSA) is 61.3 Å². The van der Waals surface area contributed by atoms with Gasteiger partial charge in [0.2, 0.25) is 5.88 Å². The number of halogens is 2. The number of rotatable bonds is 5. The average Bonchev–Trinajstić information content (AvgIpc) is 2.56. The first-order valence-corrected chi connectivity index (χ1v) is 8.18. The van der Waals surface area contributed by atoms with E-state index in [1.54, 1.807) is 19.2 Å². The molecule has 0 bridgehead atoms. The molecule has 122 valence electrons. The molecule has 1 aromatic carbocycles. The molecule has 0 radical (unpaired) electrons. The molecule has 1 atom stereocenters. The van der Waals surface area contributed by atoms with E-state index in [-0.39, 0.29) is 10.9 Å². The Bertz CT molecular complexity index is 730. The second kappa shape index (κ2) is 7.61. The zero-order valence-electron chi connectivity index (χ0n) is 12.7. The Morgan fingerprint density at radius 1 is 1.35 bits per heavy atom. The maximum Gasteiger partial charge on any atom is 0.346 e. The van der Waals surface area contributed by atoms with Crippen molar-refractivity contribution in [2.75, 3.05) is 13.4 Å². The lowest BCUT2D eigenvalue weighted by Gasteiger charge is -2.13. The SMILES string of the molecule is COC(=O)C(C)Oc1cc(-c2ccc(Cl)c(F)c2)nc(SC)n1. The van der Waals surface area contributed by atoms with Crippen molar-refractivity contribution in [1.82, 2.24) is 9.97 Å². The number of carbonyl (C=O) groups excluding carboxylic acids is 1. The first-order chi connectivity index (χ1) is 10.9. The third kappa shape index (κ3) is 4.33. The average molecular weight is 357 g/mol. The van der Waals surface area contributed by atoms with E-state index in [4.69, 9.17) is 16.3 Å². The minimum absolute atomic E-state index is 0.0312. The molecule has 8 heteroatoms. The molecule has 0 fully saturated rings. The largest absolute Gasteiger partial charge is 0.466 e. The number of hydrogen-bond donors (Lipinski definition) is 0. The fourth-order valence-corrected chi connectivity index (χ4v) is 2.24. The maximum atomic E-state index is 13.6. The summed E-state index contributed by atoms with van der Waals surface area (Å²) >= 11 is 6.99. The van der Waals surface area contributed by atoms with Crippen LogP contribution in [0.2, 0.25) is 5.02 Å². The summed E-state index contributed by atoms with van der Waals surface area (Å²) in [6.07, 6.45) is 0.981. The number of hydrogen-bond acceptors (Lipinski definition) is 6. The van der Waals surface area contributed by atoms with Crippen LogP contribution in [0.5, 0.6) is 5.88 Å². The highest BCUT2D eigenvalue weighted by Crippen LogP contribution is 2.27. The van der Waals surface area contributed by atoms with Crippen LogP contribution >= 0.6 is 23.4 Å². The smallest absolute Gasteiger partial charge is 0.346 e. The molecule has 2 rings (SSSR count). The van der Waals surface area contributed by atoms with Crippen LogP contribution in [0.15, 0.2) is 29.4 Å². The van der Waals surface area contributed by atoms with Gasteiger partial charge in [0.05, 0.1) is 17.8 Å². The van der Waals surface area contributed by atoms with Crippen LogP contribution in [0.4, 0.5) is 4.39 Å². The molecular formula is C15H14ClFN2O3S. The molecule has 1 heterocycles. The van der Waals surface area contributed by atoms with Gasteiger partial charge in [-0.3, -0.25) is 0 Å². The van der Waals surface area contributed by atoms with E-state index in [1.165, 1.54) is 37.1 Å². The highest BCUT2D eigenvalue weighted by Gasteiger charge is 2.17. The summed E-state index contributed by atoms with van der Waals surface area (Å²) < 4.78 is 23.7. The van der Waals surface area contributed by atoms with Gasteiger partial charge in [-0.25, -0.2) is 14.2 Å². The van der Waals surface area contributed by atoms with Crippen LogP contribution in [-0.2, 0) is 9.53 Å². The van der Waals surface area contributed by atoms with E-state index >= 15 is 0 Å². The lowest BCUT2D eigenvalue weighted by Crippen LogP contribution is -2.25. The quantitative estimate of drug-likeness (QED) is 0.463. The number of aromatic nitrogens is 2. The summed E-state index contributed by atoms with van der Waals surface area (Å²) in [6, 6.07) is 5.90. The van der Waals surface area contributed by atoms with Crippen molar-refractivity contribution in [3.63, 3.8) is 0 Å². The zero-order chi connectivity index (χ0) is 17.0. The molecule has 1 unspecified atom stereocenters. The highest BCUT2D eigenvalue weighted by atomic mass is 35.5. The monoisotopic (exact) mass is 356 g/mol. The molecule has 0 aliphatic carbocycles. The van der Waals surface area contributed by atoms with Gasteiger partial charge in [0, 0.05) is 11.6 Å². The molecule has 0 aliphatic rings. The van der Waals surface area contributed by atoms with Crippen LogP contribution in [-0.4, -0.2) is 35.4 Å². The second-order valence-electron chi connectivity index (χ2n) is 4.49. The third-order valence-corrected chi connectivity index (χ3v) is 3.76. The Hall–Kier alpha value is -1.86. The molecule has 0 spiro atoms. The molecule has 2 aromatic rings. The fraction of sp³-hybridized carbons (Fsp3) is 0.267. The van der Waals surface area contributed by atoms with Crippen molar-refractivity contribution in [2.24, 2.45) is 0 Å². The molecule has 1 aromatic heterocycles. The molecule has 0 saturated heterocycles. The summed E-state index contributed by atoms with van der Waals surface area (Å²) in [6.45, 7) is 1.55. The molecule has 23 heavy (non-hydrogen) atoms. The van der Waals surface area contributed by atoms with Gasteiger partial charge in [-0.05, 0) is 25.3 Å². The predicted molar refractivity (Wildman–Crippen MR) is 86.3 cm³/mol. The van der Waals surface area contributed by atoms with Gasteiger partial charge in [0.25, 0.3) is 0 Å². The van der Waals surface area contributed by atoms with E-state index in [9.17, 15) is 9.18 Å². The van der Waals surface area contributed by atoms with Gasteiger partial charge in [-0.1, -0.05) is 29.4 Å². The minimum Gasteiger partial charge on any atom is -0.466 e. The van der Waals surface area contributed by atoms with E-state index < -0.39 is 17.9 Å². The summed E-state index contributed by atoms with van der Waals surface area (Å²) in [5.41, 5.74) is 0.993.